The van der Waals surface area contributed by atoms with Crippen molar-refractivity contribution in [1.29, 1.82) is 0 Å². The lowest BCUT2D eigenvalue weighted by molar-refractivity contribution is 1.18. The van der Waals surface area contributed by atoms with Gasteiger partial charge in [-0.15, -0.1) is 0 Å². The molecular formula is C73H41N5. The van der Waals surface area contributed by atoms with Crippen molar-refractivity contribution in [1.82, 2.24) is 22.9 Å². The fourth-order valence-electron chi connectivity index (χ4n) is 14.5. The van der Waals surface area contributed by atoms with E-state index in [4.69, 9.17) is 4.98 Å². The van der Waals surface area contributed by atoms with Crippen LogP contribution in [0, 0.1) is 0 Å². The zero-order chi connectivity index (χ0) is 50.5. The normalized spacial score (nSPS) is 12.6. The Balaban J connectivity index is 0.923. The van der Waals surface area contributed by atoms with Crippen LogP contribution in [0.25, 0.3) is 175 Å². The molecule has 0 saturated carbocycles. The average molecular weight is 988 g/mol. The van der Waals surface area contributed by atoms with Crippen molar-refractivity contribution in [2.45, 2.75) is 0 Å². The van der Waals surface area contributed by atoms with Gasteiger partial charge in [-0.25, -0.2) is 4.98 Å². The Morgan fingerprint density at radius 3 is 1.45 bits per heavy atom. The smallest absolute Gasteiger partial charge is 0.146 e. The van der Waals surface area contributed by atoms with Gasteiger partial charge in [-0.1, -0.05) is 170 Å². The fourth-order valence-corrected chi connectivity index (χ4v) is 14.5. The van der Waals surface area contributed by atoms with Crippen molar-refractivity contribution in [2.24, 2.45) is 0 Å². The highest BCUT2D eigenvalue weighted by Crippen LogP contribution is 2.51. The molecule has 0 N–H and O–H groups in total. The summed E-state index contributed by atoms with van der Waals surface area (Å²) in [7, 11) is 0. The lowest BCUT2D eigenvalue weighted by atomic mass is 9.93. The number of nitrogens with zero attached hydrogens (tertiary/aromatic N) is 5. The molecule has 7 heterocycles. The zero-order valence-corrected chi connectivity index (χ0v) is 41.9. The van der Waals surface area contributed by atoms with Gasteiger partial charge >= 0.3 is 0 Å². The Kier molecular flexibility index (Phi) is 7.68. The summed E-state index contributed by atoms with van der Waals surface area (Å²) < 4.78 is 9.88. The number of hydrogen-bond donors (Lipinski definition) is 0. The molecule has 0 saturated heterocycles. The van der Waals surface area contributed by atoms with Crippen LogP contribution in [-0.4, -0.2) is 22.9 Å². The van der Waals surface area contributed by atoms with Gasteiger partial charge in [0.2, 0.25) is 0 Å². The van der Waals surface area contributed by atoms with E-state index >= 15 is 0 Å². The number of fused-ring (bicyclic) bond motifs is 22. The number of pyridine rings is 1. The molecule has 0 spiro atoms. The molecule has 7 aromatic heterocycles. The molecule has 0 unspecified atom stereocenters. The van der Waals surface area contributed by atoms with Crippen molar-refractivity contribution in [2.75, 3.05) is 0 Å². The van der Waals surface area contributed by atoms with Crippen LogP contribution in [0.3, 0.4) is 0 Å². The number of para-hydroxylation sites is 6. The van der Waals surface area contributed by atoms with E-state index in [1.807, 2.05) is 0 Å². The van der Waals surface area contributed by atoms with Gasteiger partial charge in [0, 0.05) is 87.1 Å². The largest absolute Gasteiger partial charge is 0.309 e. The molecule has 5 heteroatoms. The Labute approximate surface area is 444 Å². The molecule has 358 valence electrons. The van der Waals surface area contributed by atoms with Crippen LogP contribution in [0.5, 0.6) is 0 Å². The van der Waals surface area contributed by atoms with E-state index in [1.165, 1.54) is 153 Å². The maximum atomic E-state index is 5.70. The summed E-state index contributed by atoms with van der Waals surface area (Å²) in [5, 5.41) is 19.8. The van der Waals surface area contributed by atoms with Crippen LogP contribution in [0.15, 0.2) is 249 Å². The maximum absolute atomic E-state index is 5.70. The summed E-state index contributed by atoms with van der Waals surface area (Å²) in [6, 6.07) is 90.0. The van der Waals surface area contributed by atoms with Crippen molar-refractivity contribution in [3.8, 4) is 33.6 Å². The third-order valence-corrected chi connectivity index (χ3v) is 17.6. The molecule has 0 aliphatic carbocycles. The third-order valence-electron chi connectivity index (χ3n) is 17.6. The molecule has 0 aliphatic heterocycles. The summed E-state index contributed by atoms with van der Waals surface area (Å²) in [6.07, 6.45) is 2.18. The first-order valence-electron chi connectivity index (χ1n) is 27.0. The van der Waals surface area contributed by atoms with Crippen LogP contribution in [0.4, 0.5) is 0 Å². The summed E-state index contributed by atoms with van der Waals surface area (Å²) in [4.78, 5) is 5.70. The van der Waals surface area contributed by atoms with Crippen molar-refractivity contribution >= 4 is 141 Å². The predicted octanol–water partition coefficient (Wildman–Crippen LogP) is 19.2. The number of rotatable bonds is 4. The topological polar surface area (TPSA) is 31.6 Å². The number of aromatic nitrogens is 5. The Hall–Kier alpha value is -10.5. The highest BCUT2D eigenvalue weighted by atomic mass is 15.0. The first-order valence-corrected chi connectivity index (χ1v) is 27.0. The minimum atomic E-state index is 0.978. The molecule has 0 radical (unpaired) electrons. The molecule has 78 heavy (non-hydrogen) atoms. The second-order valence-corrected chi connectivity index (χ2v) is 21.4. The van der Waals surface area contributed by atoms with E-state index in [0.717, 1.165) is 22.5 Å². The van der Waals surface area contributed by atoms with Crippen LogP contribution in [0.2, 0.25) is 0 Å². The minimum Gasteiger partial charge on any atom is -0.309 e. The Morgan fingerprint density at radius 2 is 0.769 bits per heavy atom. The van der Waals surface area contributed by atoms with Crippen molar-refractivity contribution in [3.63, 3.8) is 0 Å². The van der Waals surface area contributed by atoms with E-state index in [2.05, 4.69) is 267 Å². The monoisotopic (exact) mass is 987 g/mol. The highest BCUT2D eigenvalue weighted by Gasteiger charge is 2.29. The number of hydrogen-bond acceptors (Lipinski definition) is 1. The quantitative estimate of drug-likeness (QED) is 0.173. The average Bonchev–Trinajstić information content (AvgIpc) is 4.52. The van der Waals surface area contributed by atoms with E-state index in [1.54, 1.807) is 0 Å². The molecule has 0 bridgehead atoms. The Morgan fingerprint density at radius 1 is 0.269 bits per heavy atom. The first kappa shape index (κ1) is 40.8. The summed E-state index contributed by atoms with van der Waals surface area (Å²) in [5.74, 6) is 0. The van der Waals surface area contributed by atoms with Gasteiger partial charge in [0.25, 0.3) is 0 Å². The first-order chi connectivity index (χ1) is 38.7. The van der Waals surface area contributed by atoms with E-state index in [9.17, 15) is 0 Å². The zero-order valence-electron chi connectivity index (χ0n) is 41.9. The van der Waals surface area contributed by atoms with Crippen LogP contribution in [-0.2, 0) is 0 Å². The van der Waals surface area contributed by atoms with E-state index in [-0.39, 0.29) is 0 Å². The SMILES string of the molecule is c1ccc(-n2c3ccccc3c3cc(-c4c5ccccc5cc5c6cccc7c8c9c%10cccc%11c%12c%13ccccc%13cc(-c%13ccc%14c(c%13)c%13ccccc%13n%14-c%13ccccc%13)c%12n(c9ncc8n(c45)c67)c%10%11)ccc32)cc1. The molecule has 12 aromatic carbocycles. The maximum Gasteiger partial charge on any atom is 0.146 e. The lowest BCUT2D eigenvalue weighted by Gasteiger charge is -2.13. The molecule has 0 fully saturated rings. The predicted molar refractivity (Wildman–Crippen MR) is 328 cm³/mol. The van der Waals surface area contributed by atoms with Crippen LogP contribution < -0.4 is 0 Å². The molecular weight excluding hydrogens is 947 g/mol. The molecule has 0 atom stereocenters. The third kappa shape index (κ3) is 5.04. The molecule has 0 amide bonds. The van der Waals surface area contributed by atoms with Gasteiger partial charge in [0.15, 0.2) is 0 Å². The van der Waals surface area contributed by atoms with Crippen molar-refractivity contribution < 1.29 is 0 Å². The Bertz CT molecular complexity index is 5760. The second-order valence-electron chi connectivity index (χ2n) is 21.4. The van der Waals surface area contributed by atoms with Crippen molar-refractivity contribution in [3.05, 3.63) is 249 Å². The van der Waals surface area contributed by atoms with Gasteiger partial charge in [0.1, 0.15) is 5.65 Å². The van der Waals surface area contributed by atoms with E-state index < -0.39 is 0 Å². The molecule has 19 aromatic rings. The summed E-state index contributed by atoms with van der Waals surface area (Å²) in [6.45, 7) is 0. The second kappa shape index (κ2) is 14.7. The van der Waals surface area contributed by atoms with Gasteiger partial charge in [-0.05, 0) is 105 Å². The van der Waals surface area contributed by atoms with Gasteiger partial charge < -0.3 is 13.5 Å². The van der Waals surface area contributed by atoms with E-state index in [0.29, 0.717) is 0 Å². The summed E-state index contributed by atoms with van der Waals surface area (Å²) in [5.41, 5.74) is 18.8. The van der Waals surface area contributed by atoms with Crippen LogP contribution in [0.1, 0.15) is 0 Å². The van der Waals surface area contributed by atoms with Crippen LogP contribution >= 0.6 is 0 Å². The highest BCUT2D eigenvalue weighted by molar-refractivity contribution is 6.38. The fraction of sp³-hybridized carbons (Fsp3) is 0. The minimum absolute atomic E-state index is 0.978. The number of benzene rings is 12. The van der Waals surface area contributed by atoms with Gasteiger partial charge in [-0.2, -0.15) is 0 Å². The molecule has 19 rings (SSSR count). The van der Waals surface area contributed by atoms with Gasteiger partial charge in [0.05, 0.1) is 55.8 Å². The standard InChI is InChI=1S/C73H41N5/c1-3-19-46(20-4-1)75-60-31-13-11-25-50(60)57-38-44(33-35-62(57)75)56-37-42-17-8-10-24-49(42)66-53-28-16-30-55-68-67-54-29-15-27-52-59-39-43-18-7-9-23-48(43)65(72(59)77(69(52)54)64(67)41-74-73(68)78(70(53)55)71(56)66)45-34-36-63-58(40-45)51-26-12-14-32-61(51)76(63)47-21-5-2-6-22-47/h1-41H. The molecule has 0 aliphatic rings. The summed E-state index contributed by atoms with van der Waals surface area (Å²) >= 11 is 0. The van der Waals surface area contributed by atoms with Gasteiger partial charge in [-0.3, -0.25) is 4.40 Å². The lowest BCUT2D eigenvalue weighted by Crippen LogP contribution is -1.93. The molecule has 5 nitrogen and oxygen atoms in total.